The van der Waals surface area contributed by atoms with Gasteiger partial charge in [-0.2, -0.15) is 5.10 Å². The van der Waals surface area contributed by atoms with Gasteiger partial charge in [-0.15, -0.1) is 0 Å². The molecule has 0 saturated heterocycles. The standard InChI is InChI=1S/C22H25F2N3O3S/c1-2-27-10-9-21(26-27)25-22(28)18(11-14-12-19(23)20(24)13-14)15-3-5-16(6-4-15)31(29,30)17-7-8-17/h3-6,9-11,14,17,19-20H,2,7-8,12-13H2,1H3,(H,25,26,28)/b18-11+/t14?,19-,20+. The Bertz CT molecular complexity index is 1080. The number of carbonyl (C=O) groups excluding carboxylic acids is 1. The van der Waals surface area contributed by atoms with Gasteiger partial charge in [0.25, 0.3) is 5.91 Å². The summed E-state index contributed by atoms with van der Waals surface area (Å²) in [4.78, 5) is 13.2. The average Bonchev–Trinajstić information content (AvgIpc) is 3.45. The third-order valence-corrected chi connectivity index (χ3v) is 8.04. The number of allylic oxidation sites excluding steroid dienone is 1. The molecule has 1 N–H and O–H groups in total. The van der Waals surface area contributed by atoms with Crippen molar-refractivity contribution < 1.29 is 22.0 Å². The SMILES string of the molecule is CCn1ccc(NC(=O)/C(=C/C2C[C@@H](F)[C@@H](F)C2)c2ccc(S(=O)(=O)C3CC3)cc2)n1. The predicted octanol–water partition coefficient (Wildman–Crippen LogP) is 3.95. The van der Waals surface area contributed by atoms with Gasteiger partial charge in [-0.3, -0.25) is 9.48 Å². The number of anilines is 1. The van der Waals surface area contributed by atoms with Crippen LogP contribution in [0, 0.1) is 5.92 Å². The third-order valence-electron chi connectivity index (χ3n) is 5.76. The molecule has 1 heterocycles. The Balaban J connectivity index is 1.62. The minimum Gasteiger partial charge on any atom is -0.305 e. The van der Waals surface area contributed by atoms with Gasteiger partial charge in [0.2, 0.25) is 0 Å². The molecular weight excluding hydrogens is 424 g/mol. The first-order chi connectivity index (χ1) is 14.8. The summed E-state index contributed by atoms with van der Waals surface area (Å²) in [5.74, 6) is -0.519. The van der Waals surface area contributed by atoms with Crippen LogP contribution in [0.4, 0.5) is 14.6 Å². The van der Waals surface area contributed by atoms with E-state index in [0.717, 1.165) is 0 Å². The van der Waals surface area contributed by atoms with Gasteiger partial charge in [-0.25, -0.2) is 17.2 Å². The summed E-state index contributed by atoms with van der Waals surface area (Å²) in [6.45, 7) is 2.56. The second-order valence-corrected chi connectivity index (χ2v) is 10.4. The number of nitrogens with zero attached hydrogens (tertiary/aromatic N) is 2. The molecule has 1 unspecified atom stereocenters. The van der Waals surface area contributed by atoms with Crippen LogP contribution in [0.3, 0.4) is 0 Å². The van der Waals surface area contributed by atoms with Gasteiger partial charge in [0.15, 0.2) is 15.7 Å². The maximum absolute atomic E-state index is 13.7. The first-order valence-corrected chi connectivity index (χ1v) is 12.0. The minimum atomic E-state index is -3.35. The molecule has 31 heavy (non-hydrogen) atoms. The van der Waals surface area contributed by atoms with Crippen LogP contribution < -0.4 is 5.32 Å². The molecule has 2 aromatic rings. The second kappa shape index (κ2) is 8.53. The van der Waals surface area contributed by atoms with E-state index in [1.54, 1.807) is 35.2 Å². The molecule has 6 nitrogen and oxygen atoms in total. The fourth-order valence-electron chi connectivity index (χ4n) is 3.83. The van der Waals surface area contributed by atoms with E-state index in [4.69, 9.17) is 0 Å². The number of alkyl halides is 2. The lowest BCUT2D eigenvalue weighted by molar-refractivity contribution is -0.111. The Morgan fingerprint density at radius 1 is 1.16 bits per heavy atom. The average molecular weight is 450 g/mol. The Labute approximate surface area is 180 Å². The quantitative estimate of drug-likeness (QED) is 0.649. The Kier molecular flexibility index (Phi) is 5.96. The topological polar surface area (TPSA) is 81.1 Å². The maximum Gasteiger partial charge on any atom is 0.257 e. The van der Waals surface area contributed by atoms with Crippen LogP contribution in [0.15, 0.2) is 47.5 Å². The van der Waals surface area contributed by atoms with Crippen molar-refractivity contribution in [2.45, 2.75) is 61.6 Å². The van der Waals surface area contributed by atoms with Crippen molar-refractivity contribution in [1.29, 1.82) is 0 Å². The summed E-state index contributed by atoms with van der Waals surface area (Å²) in [6, 6.07) is 7.77. The fraction of sp³-hybridized carbons (Fsp3) is 0.455. The summed E-state index contributed by atoms with van der Waals surface area (Å²) in [5.41, 5.74) is 0.729. The van der Waals surface area contributed by atoms with E-state index >= 15 is 0 Å². The van der Waals surface area contributed by atoms with Crippen LogP contribution in [-0.2, 0) is 21.2 Å². The molecular formula is C22H25F2N3O3S. The number of carbonyl (C=O) groups is 1. The highest BCUT2D eigenvalue weighted by Crippen LogP contribution is 2.36. The first-order valence-electron chi connectivity index (χ1n) is 10.5. The van der Waals surface area contributed by atoms with Crippen molar-refractivity contribution in [3.8, 4) is 0 Å². The molecule has 0 spiro atoms. The van der Waals surface area contributed by atoms with Gasteiger partial charge in [-0.05, 0) is 56.2 Å². The molecule has 0 bridgehead atoms. The van der Waals surface area contributed by atoms with Gasteiger partial charge in [0.1, 0.15) is 12.3 Å². The zero-order valence-electron chi connectivity index (χ0n) is 17.2. The summed E-state index contributed by atoms with van der Waals surface area (Å²) in [5, 5.41) is 6.62. The Morgan fingerprint density at radius 3 is 2.35 bits per heavy atom. The van der Waals surface area contributed by atoms with Gasteiger partial charge in [0, 0.05) is 24.4 Å². The zero-order valence-corrected chi connectivity index (χ0v) is 18.0. The lowest BCUT2D eigenvalue weighted by atomic mass is 9.98. The van der Waals surface area contributed by atoms with Crippen molar-refractivity contribution in [3.05, 3.63) is 48.2 Å². The Morgan fingerprint density at radius 2 is 1.81 bits per heavy atom. The van der Waals surface area contributed by atoms with Crippen molar-refractivity contribution in [2.75, 3.05) is 5.32 Å². The fourth-order valence-corrected chi connectivity index (χ4v) is 5.48. The summed E-state index contributed by atoms with van der Waals surface area (Å²) < 4.78 is 53.9. The van der Waals surface area contributed by atoms with Gasteiger partial charge in [-0.1, -0.05) is 18.2 Å². The second-order valence-electron chi connectivity index (χ2n) is 8.12. The summed E-state index contributed by atoms with van der Waals surface area (Å²) >= 11 is 0. The van der Waals surface area contributed by atoms with Crippen LogP contribution >= 0.6 is 0 Å². The lowest BCUT2D eigenvalue weighted by Crippen LogP contribution is -2.16. The number of hydrogen-bond acceptors (Lipinski definition) is 4. The molecule has 9 heteroatoms. The van der Waals surface area contributed by atoms with Gasteiger partial charge >= 0.3 is 0 Å². The first kappa shape index (κ1) is 21.7. The molecule has 1 aromatic heterocycles. The highest BCUT2D eigenvalue weighted by atomic mass is 32.2. The summed E-state index contributed by atoms with van der Waals surface area (Å²) in [6.07, 6.45) is 1.58. The highest BCUT2D eigenvalue weighted by molar-refractivity contribution is 7.92. The van der Waals surface area contributed by atoms with E-state index in [0.29, 0.717) is 30.8 Å². The maximum atomic E-state index is 13.7. The number of aromatic nitrogens is 2. The Hall–Kier alpha value is -2.55. The smallest absolute Gasteiger partial charge is 0.257 e. The minimum absolute atomic E-state index is 0.0105. The monoisotopic (exact) mass is 449 g/mol. The van der Waals surface area contributed by atoms with Crippen LogP contribution in [0.5, 0.6) is 0 Å². The number of rotatable bonds is 7. The molecule has 3 atom stereocenters. The van der Waals surface area contributed by atoms with E-state index < -0.39 is 34.0 Å². The predicted molar refractivity (Wildman–Crippen MR) is 114 cm³/mol. The van der Waals surface area contributed by atoms with Crippen LogP contribution in [0.1, 0.15) is 38.2 Å². The molecule has 2 aliphatic rings. The molecule has 2 aliphatic carbocycles. The molecule has 0 aliphatic heterocycles. The van der Waals surface area contributed by atoms with E-state index in [9.17, 15) is 22.0 Å². The van der Waals surface area contributed by atoms with Crippen molar-refractivity contribution in [3.63, 3.8) is 0 Å². The molecule has 0 radical (unpaired) electrons. The molecule has 166 valence electrons. The van der Waals surface area contributed by atoms with E-state index in [2.05, 4.69) is 10.4 Å². The van der Waals surface area contributed by atoms with Crippen LogP contribution in [-0.4, -0.2) is 41.7 Å². The third kappa shape index (κ3) is 4.71. The van der Waals surface area contributed by atoms with Gasteiger partial charge in [0.05, 0.1) is 10.1 Å². The normalized spacial score (nSPS) is 24.4. The van der Waals surface area contributed by atoms with Crippen LogP contribution in [0.2, 0.25) is 0 Å². The highest BCUT2D eigenvalue weighted by Gasteiger charge is 2.37. The number of nitrogens with one attached hydrogen (secondary N) is 1. The molecule has 1 amide bonds. The number of benzene rings is 1. The van der Waals surface area contributed by atoms with Crippen molar-refractivity contribution in [1.82, 2.24) is 9.78 Å². The van der Waals surface area contributed by atoms with E-state index in [-0.39, 0.29) is 28.6 Å². The summed E-state index contributed by atoms with van der Waals surface area (Å²) in [7, 11) is -3.35. The lowest BCUT2D eigenvalue weighted by Gasteiger charge is -2.12. The number of hydrogen-bond donors (Lipinski definition) is 1. The van der Waals surface area contributed by atoms with Crippen molar-refractivity contribution >= 4 is 27.1 Å². The number of amides is 1. The zero-order chi connectivity index (χ0) is 22.2. The largest absolute Gasteiger partial charge is 0.305 e. The molecule has 2 saturated carbocycles. The molecule has 4 rings (SSSR count). The van der Waals surface area contributed by atoms with E-state index in [1.807, 2.05) is 6.92 Å². The molecule has 2 fully saturated rings. The number of halogens is 2. The van der Waals surface area contributed by atoms with Crippen LogP contribution in [0.25, 0.3) is 5.57 Å². The van der Waals surface area contributed by atoms with Crippen molar-refractivity contribution in [2.24, 2.45) is 5.92 Å². The van der Waals surface area contributed by atoms with E-state index in [1.165, 1.54) is 12.1 Å². The number of aryl methyl sites for hydroxylation is 1. The molecule has 1 aromatic carbocycles. The van der Waals surface area contributed by atoms with Gasteiger partial charge < -0.3 is 5.32 Å². The number of sulfone groups is 1.